The van der Waals surface area contributed by atoms with Gasteiger partial charge in [0, 0.05) is 0 Å². The van der Waals surface area contributed by atoms with Crippen LogP contribution in [0.2, 0.25) is 3.17 Å². The second-order valence-corrected chi connectivity index (χ2v) is 10.3. The second kappa shape index (κ2) is 17.9. The van der Waals surface area contributed by atoms with Gasteiger partial charge in [-0.25, -0.2) is 0 Å². The fraction of sp³-hybridized carbons (Fsp3) is 0.889. The molecule has 2 atom stereocenters. The number of carbonyl (C=O) groups is 2. The number of rotatable bonds is 15. The summed E-state index contributed by atoms with van der Waals surface area (Å²) < 4.78 is 29.8. The molecule has 3 N–H and O–H groups in total. The predicted molar refractivity (Wildman–Crippen MR) is 107 cm³/mol. The molecule has 0 saturated heterocycles. The number of unbranched alkanes of at least 4 members (excludes halogenated alkanes) is 8. The Morgan fingerprint density at radius 3 is 1.63 bits per heavy atom. The fourth-order valence-corrected chi connectivity index (χ4v) is 3.50. The van der Waals surface area contributed by atoms with E-state index in [9.17, 15) is 18.0 Å². The molecule has 0 spiro atoms. The van der Waals surface area contributed by atoms with Crippen LogP contribution in [0.4, 0.5) is 0 Å². The van der Waals surface area contributed by atoms with Crippen molar-refractivity contribution in [2.75, 3.05) is 0 Å². The molecule has 2 unspecified atom stereocenters. The number of aliphatic carboxylic acids is 2. The fourth-order valence-electron chi connectivity index (χ4n) is 2.49. The van der Waals surface area contributed by atoms with Gasteiger partial charge < -0.3 is 10.2 Å². The van der Waals surface area contributed by atoms with Gasteiger partial charge in [0.2, 0.25) is 0 Å². The van der Waals surface area contributed by atoms with Crippen LogP contribution in [0.1, 0.15) is 90.9 Å². The summed E-state index contributed by atoms with van der Waals surface area (Å²) in [6.07, 6.45) is 15.0. The van der Waals surface area contributed by atoms with E-state index in [0.29, 0.717) is 0 Å². The number of carboxylic acids is 2. The molecule has 0 bridgehead atoms. The molecule has 0 aliphatic rings. The Morgan fingerprint density at radius 1 is 0.889 bits per heavy atom. The monoisotopic (exact) mass is 418 g/mol. The maximum absolute atomic E-state index is 10.2. The zero-order chi connectivity index (χ0) is 21.3. The molecule has 0 heterocycles. The van der Waals surface area contributed by atoms with Crippen molar-refractivity contribution in [3.05, 3.63) is 0 Å². The topological polar surface area (TPSA) is 129 Å². The van der Waals surface area contributed by atoms with Crippen LogP contribution in [0.25, 0.3) is 0 Å². The standard InChI is InChI=1S/C14H29.C4H6O7S.Na/c1-3-5-7-9-11-13-14-12-10-8-6-4-2;5-3(6)1-2(4(7)8)12(9,10)11;/h5H,3-4,6-14H2,1-2H3;2H,1H2,(H,5,6)(H,7,8)(H,9,10,11);. The van der Waals surface area contributed by atoms with Crippen molar-refractivity contribution < 1.29 is 32.8 Å². The molecule has 0 aromatic rings. The van der Waals surface area contributed by atoms with E-state index in [-0.39, 0.29) is 0 Å². The smallest absolute Gasteiger partial charge is 0.325 e. The molecule has 9 heteroatoms. The first-order valence-electron chi connectivity index (χ1n) is 9.97. The van der Waals surface area contributed by atoms with E-state index < -0.39 is 33.7 Å². The van der Waals surface area contributed by atoms with Gasteiger partial charge in [0.1, 0.15) is 0 Å². The van der Waals surface area contributed by atoms with Crippen LogP contribution in [0, 0.1) is 0 Å². The average molecular weight is 419 g/mol. The molecule has 0 aromatic carbocycles. The molecule has 156 valence electrons. The quantitative estimate of drug-likeness (QED) is 0.208. The van der Waals surface area contributed by atoms with Crippen LogP contribution in [0.3, 0.4) is 0 Å². The first-order chi connectivity index (χ1) is 12.6. The van der Waals surface area contributed by atoms with Gasteiger partial charge in [-0.05, 0) is 0 Å². The normalized spacial score (nSPS) is 13.4. The summed E-state index contributed by atoms with van der Waals surface area (Å²) in [4.78, 5) is 20.0. The average Bonchev–Trinajstić information content (AvgIpc) is 2.57. The Morgan fingerprint density at radius 2 is 1.33 bits per heavy atom. The summed E-state index contributed by atoms with van der Waals surface area (Å²) in [6.45, 7) is 4.63. The first-order valence-corrected chi connectivity index (χ1v) is 12.6. The van der Waals surface area contributed by atoms with Gasteiger partial charge in [0.15, 0.2) is 5.25 Å². The molecule has 7 nitrogen and oxygen atoms in total. The van der Waals surface area contributed by atoms with Gasteiger partial charge in [-0.15, -0.1) is 0 Å². The number of carboxylic acid groups (broad SMARTS) is 2. The third-order valence-electron chi connectivity index (χ3n) is 4.49. The summed E-state index contributed by atoms with van der Waals surface area (Å²) in [5.74, 6) is -3.50. The maximum atomic E-state index is 10.2. The van der Waals surface area contributed by atoms with Crippen LogP contribution in [-0.4, -0.2) is 68.3 Å². The largest absolute Gasteiger partial charge is 0.481 e. The third-order valence-corrected chi connectivity index (χ3v) is 6.97. The van der Waals surface area contributed by atoms with Gasteiger partial charge in [-0.3, -0.25) is 14.1 Å². The molecule has 0 aromatic heterocycles. The summed E-state index contributed by atoms with van der Waals surface area (Å²) in [6, 6.07) is 0. The van der Waals surface area contributed by atoms with Crippen molar-refractivity contribution in [3.8, 4) is 0 Å². The molecular weight excluding hydrogens is 383 g/mol. The minimum atomic E-state index is -4.84. The molecule has 27 heavy (non-hydrogen) atoms. The SMILES string of the molecule is CCCCCCCCCCC[CH]([Na])CC.O=C(O)CC(C(=O)O)S(=O)(=O)O. The molecule has 0 fully saturated rings. The van der Waals surface area contributed by atoms with E-state index in [1.165, 1.54) is 98.6 Å². The number of hydrogen-bond donors (Lipinski definition) is 3. The summed E-state index contributed by atoms with van der Waals surface area (Å²) >= 11 is 1.41. The van der Waals surface area contributed by atoms with E-state index in [0.717, 1.165) is 3.17 Å². The van der Waals surface area contributed by atoms with Crippen LogP contribution in [-0.2, 0) is 19.7 Å². The number of hydrogen-bond acceptors (Lipinski definition) is 4. The van der Waals surface area contributed by atoms with Crippen molar-refractivity contribution in [1.82, 2.24) is 0 Å². The van der Waals surface area contributed by atoms with Gasteiger partial charge in [0.05, 0.1) is 6.42 Å². The van der Waals surface area contributed by atoms with E-state index in [4.69, 9.17) is 14.8 Å². The Hall–Kier alpha value is -0.150. The van der Waals surface area contributed by atoms with Crippen LogP contribution < -0.4 is 0 Å². The van der Waals surface area contributed by atoms with Crippen molar-refractivity contribution in [2.24, 2.45) is 0 Å². The second-order valence-electron chi connectivity index (χ2n) is 7.07. The zero-order valence-corrected chi connectivity index (χ0v) is 19.8. The Labute approximate surface area is 181 Å². The van der Waals surface area contributed by atoms with Crippen LogP contribution in [0.15, 0.2) is 0 Å². The van der Waals surface area contributed by atoms with E-state index in [1.54, 1.807) is 0 Å². The van der Waals surface area contributed by atoms with Gasteiger partial charge >= 0.3 is 128 Å². The Kier molecular flexibility index (Phi) is 19.3. The molecule has 0 aliphatic heterocycles. The third kappa shape index (κ3) is 20.4. The van der Waals surface area contributed by atoms with Crippen molar-refractivity contribution in [1.29, 1.82) is 0 Å². The molecule has 0 radical (unpaired) electrons. The molecule has 0 amide bonds. The maximum Gasteiger partial charge on any atom is 0.325 e. The van der Waals surface area contributed by atoms with Gasteiger partial charge in [-0.2, -0.15) is 8.42 Å². The molecular formula is C18H35NaO7S. The summed E-state index contributed by atoms with van der Waals surface area (Å²) in [7, 11) is -4.84. The minimum absolute atomic E-state index is 1.09. The van der Waals surface area contributed by atoms with Crippen molar-refractivity contribution >= 4 is 50.0 Å². The predicted octanol–water partition coefficient (Wildman–Crippen LogP) is 4.08. The van der Waals surface area contributed by atoms with E-state index >= 15 is 0 Å². The van der Waals surface area contributed by atoms with Gasteiger partial charge in [-0.1, -0.05) is 0 Å². The Balaban J connectivity index is 0. The first kappa shape index (κ1) is 29.1. The molecule has 0 aliphatic carbocycles. The summed E-state index contributed by atoms with van der Waals surface area (Å²) in [5.41, 5.74) is 0. The molecule has 0 rings (SSSR count). The van der Waals surface area contributed by atoms with Crippen molar-refractivity contribution in [2.45, 2.75) is 99.3 Å². The van der Waals surface area contributed by atoms with E-state index in [1.807, 2.05) is 0 Å². The zero-order valence-electron chi connectivity index (χ0n) is 17.0. The van der Waals surface area contributed by atoms with E-state index in [2.05, 4.69) is 13.8 Å². The van der Waals surface area contributed by atoms with Crippen LogP contribution >= 0.6 is 0 Å². The molecule has 0 saturated carbocycles. The Bertz CT molecular complexity index is 494. The van der Waals surface area contributed by atoms with Gasteiger partial charge in [0.25, 0.3) is 10.1 Å². The minimum Gasteiger partial charge on any atom is -0.481 e. The van der Waals surface area contributed by atoms with Crippen LogP contribution in [0.5, 0.6) is 0 Å². The summed E-state index contributed by atoms with van der Waals surface area (Å²) in [5, 5.41) is 13.9. The van der Waals surface area contributed by atoms with Crippen molar-refractivity contribution in [3.63, 3.8) is 0 Å².